The van der Waals surface area contributed by atoms with E-state index >= 15 is 0 Å². The quantitative estimate of drug-likeness (QED) is 0.431. The second kappa shape index (κ2) is 10.1. The van der Waals surface area contributed by atoms with E-state index in [1.165, 1.54) is 0 Å². The Morgan fingerprint density at radius 3 is 2.77 bits per heavy atom. The van der Waals surface area contributed by atoms with Crippen LogP contribution in [-0.2, 0) is 6.54 Å². The van der Waals surface area contributed by atoms with Gasteiger partial charge in [0.15, 0.2) is 5.96 Å². The van der Waals surface area contributed by atoms with E-state index in [9.17, 15) is 4.79 Å². The van der Waals surface area contributed by atoms with Gasteiger partial charge in [-0.2, -0.15) is 0 Å². The highest BCUT2D eigenvalue weighted by molar-refractivity contribution is 7.09. The SMILES string of the molecule is CCNC(=NCCNC(=O)c1ccccc1Cl)N(C)Cc1csc(C)n1. The van der Waals surface area contributed by atoms with Crippen LogP contribution in [0.3, 0.4) is 0 Å². The fourth-order valence-electron chi connectivity index (χ4n) is 2.34. The number of amides is 1. The zero-order valence-electron chi connectivity index (χ0n) is 15.3. The average molecular weight is 394 g/mol. The van der Waals surface area contributed by atoms with Gasteiger partial charge in [-0.15, -0.1) is 11.3 Å². The highest BCUT2D eigenvalue weighted by Crippen LogP contribution is 2.14. The number of carbonyl (C=O) groups is 1. The first-order chi connectivity index (χ1) is 12.5. The van der Waals surface area contributed by atoms with Crippen LogP contribution in [0.25, 0.3) is 0 Å². The minimum Gasteiger partial charge on any atom is -0.357 e. The summed E-state index contributed by atoms with van der Waals surface area (Å²) in [5.41, 5.74) is 1.49. The van der Waals surface area contributed by atoms with Crippen molar-refractivity contribution in [2.75, 3.05) is 26.7 Å². The standard InChI is InChI=1S/C18H24ClN5OS/c1-4-20-18(24(3)11-14-12-26-13(2)23-14)22-10-9-21-17(25)15-7-5-6-8-16(15)19/h5-8,12H,4,9-11H2,1-3H3,(H,20,22)(H,21,25). The Morgan fingerprint density at radius 1 is 1.35 bits per heavy atom. The number of nitrogens with one attached hydrogen (secondary N) is 2. The lowest BCUT2D eigenvalue weighted by atomic mass is 10.2. The molecule has 0 atom stereocenters. The van der Waals surface area contributed by atoms with Crippen LogP contribution in [-0.4, -0.2) is 48.4 Å². The zero-order valence-corrected chi connectivity index (χ0v) is 16.8. The topological polar surface area (TPSA) is 69.6 Å². The molecule has 26 heavy (non-hydrogen) atoms. The monoisotopic (exact) mass is 393 g/mol. The molecule has 0 aliphatic carbocycles. The molecule has 2 rings (SSSR count). The van der Waals surface area contributed by atoms with Gasteiger partial charge in [0.05, 0.1) is 34.4 Å². The van der Waals surface area contributed by atoms with E-state index in [1.54, 1.807) is 35.6 Å². The predicted molar refractivity (Wildman–Crippen MR) is 108 cm³/mol. The molecule has 1 amide bonds. The minimum atomic E-state index is -0.192. The van der Waals surface area contributed by atoms with Gasteiger partial charge < -0.3 is 15.5 Å². The normalized spacial score (nSPS) is 11.3. The van der Waals surface area contributed by atoms with Crippen LogP contribution >= 0.6 is 22.9 Å². The molecule has 0 bridgehead atoms. The summed E-state index contributed by atoms with van der Waals surface area (Å²) in [5.74, 6) is 0.590. The third kappa shape index (κ3) is 6.00. The van der Waals surface area contributed by atoms with Crippen LogP contribution in [0, 0.1) is 6.92 Å². The molecule has 1 aromatic carbocycles. The molecular formula is C18H24ClN5OS. The highest BCUT2D eigenvalue weighted by atomic mass is 35.5. The van der Waals surface area contributed by atoms with E-state index in [2.05, 4.69) is 26.0 Å². The number of rotatable bonds is 7. The number of thiazole rings is 1. The summed E-state index contributed by atoms with van der Waals surface area (Å²) in [7, 11) is 1.97. The molecule has 2 aromatic rings. The van der Waals surface area contributed by atoms with Crippen molar-refractivity contribution in [1.82, 2.24) is 20.5 Å². The van der Waals surface area contributed by atoms with Crippen LogP contribution in [0.4, 0.5) is 0 Å². The number of hydrogen-bond donors (Lipinski definition) is 2. The summed E-state index contributed by atoms with van der Waals surface area (Å²) in [6.07, 6.45) is 0. The third-order valence-corrected chi connectivity index (χ3v) is 4.69. The molecule has 0 aliphatic heterocycles. The Hall–Kier alpha value is -2.12. The molecule has 0 spiro atoms. The fourth-order valence-corrected chi connectivity index (χ4v) is 3.17. The number of carbonyl (C=O) groups excluding carboxylic acids is 1. The van der Waals surface area contributed by atoms with Gasteiger partial charge in [0.2, 0.25) is 0 Å². The van der Waals surface area contributed by atoms with Crippen molar-refractivity contribution in [2.24, 2.45) is 4.99 Å². The predicted octanol–water partition coefficient (Wildman–Crippen LogP) is 2.93. The maximum absolute atomic E-state index is 12.1. The van der Waals surface area contributed by atoms with Crippen molar-refractivity contribution in [2.45, 2.75) is 20.4 Å². The second-order valence-electron chi connectivity index (χ2n) is 5.69. The number of nitrogens with zero attached hydrogens (tertiary/aromatic N) is 3. The van der Waals surface area contributed by atoms with Gasteiger partial charge in [-0.05, 0) is 26.0 Å². The van der Waals surface area contributed by atoms with Crippen molar-refractivity contribution in [3.8, 4) is 0 Å². The number of guanidine groups is 1. The van der Waals surface area contributed by atoms with E-state index in [1.807, 2.05) is 25.8 Å². The molecule has 2 N–H and O–H groups in total. The molecule has 0 aliphatic rings. The molecule has 8 heteroatoms. The second-order valence-corrected chi connectivity index (χ2v) is 7.15. The molecule has 1 aromatic heterocycles. The maximum Gasteiger partial charge on any atom is 0.252 e. The van der Waals surface area contributed by atoms with E-state index in [0.717, 1.165) is 23.2 Å². The highest BCUT2D eigenvalue weighted by Gasteiger charge is 2.10. The summed E-state index contributed by atoms with van der Waals surface area (Å²) in [5, 5.41) is 9.65. The molecule has 0 fully saturated rings. The van der Waals surface area contributed by atoms with Crippen LogP contribution in [0.2, 0.25) is 5.02 Å². The summed E-state index contributed by atoms with van der Waals surface area (Å²) < 4.78 is 0. The lowest BCUT2D eigenvalue weighted by Crippen LogP contribution is -2.39. The lowest BCUT2D eigenvalue weighted by Gasteiger charge is -2.21. The van der Waals surface area contributed by atoms with Crippen LogP contribution in [0.15, 0.2) is 34.6 Å². The first kappa shape index (κ1) is 20.2. The molecule has 6 nitrogen and oxygen atoms in total. The Labute approximate surface area is 163 Å². The maximum atomic E-state index is 12.1. The van der Waals surface area contributed by atoms with Gasteiger partial charge in [0.1, 0.15) is 0 Å². The number of halogens is 1. The summed E-state index contributed by atoms with van der Waals surface area (Å²) in [6.45, 7) is 6.37. The number of aliphatic imine (C=N–C) groups is 1. The van der Waals surface area contributed by atoms with Gasteiger partial charge in [-0.1, -0.05) is 23.7 Å². The Balaban J connectivity index is 1.88. The Bertz CT molecular complexity index is 762. The van der Waals surface area contributed by atoms with Crippen molar-refractivity contribution < 1.29 is 4.79 Å². The molecule has 0 unspecified atom stereocenters. The van der Waals surface area contributed by atoms with Gasteiger partial charge in [-0.3, -0.25) is 9.79 Å². The fraction of sp³-hybridized carbons (Fsp3) is 0.389. The molecule has 0 saturated heterocycles. The van der Waals surface area contributed by atoms with E-state index in [-0.39, 0.29) is 5.91 Å². The number of hydrogen-bond acceptors (Lipinski definition) is 4. The molecule has 1 heterocycles. The first-order valence-electron chi connectivity index (χ1n) is 8.44. The lowest BCUT2D eigenvalue weighted by molar-refractivity contribution is 0.0955. The van der Waals surface area contributed by atoms with Crippen LogP contribution in [0.5, 0.6) is 0 Å². The summed E-state index contributed by atoms with van der Waals surface area (Å²) in [4.78, 5) is 23.2. The van der Waals surface area contributed by atoms with Crippen LogP contribution < -0.4 is 10.6 Å². The van der Waals surface area contributed by atoms with Crippen molar-refractivity contribution in [1.29, 1.82) is 0 Å². The Morgan fingerprint density at radius 2 is 2.12 bits per heavy atom. The zero-order chi connectivity index (χ0) is 18.9. The average Bonchev–Trinajstić information content (AvgIpc) is 3.02. The first-order valence-corrected chi connectivity index (χ1v) is 9.70. The molecule has 0 saturated carbocycles. The number of aromatic nitrogens is 1. The third-order valence-electron chi connectivity index (χ3n) is 3.54. The van der Waals surface area contributed by atoms with E-state index in [0.29, 0.717) is 30.2 Å². The summed E-state index contributed by atoms with van der Waals surface area (Å²) in [6, 6.07) is 6.99. The molecule has 140 valence electrons. The van der Waals surface area contributed by atoms with E-state index in [4.69, 9.17) is 11.6 Å². The molecule has 0 radical (unpaired) electrons. The minimum absolute atomic E-state index is 0.192. The Kier molecular flexibility index (Phi) is 7.87. The van der Waals surface area contributed by atoms with Crippen molar-refractivity contribution >= 4 is 34.8 Å². The molecular weight excluding hydrogens is 370 g/mol. The van der Waals surface area contributed by atoms with Crippen molar-refractivity contribution in [3.05, 3.63) is 50.9 Å². The largest absolute Gasteiger partial charge is 0.357 e. The van der Waals surface area contributed by atoms with Gasteiger partial charge in [0.25, 0.3) is 5.91 Å². The number of benzene rings is 1. The van der Waals surface area contributed by atoms with Gasteiger partial charge >= 0.3 is 0 Å². The van der Waals surface area contributed by atoms with E-state index < -0.39 is 0 Å². The van der Waals surface area contributed by atoms with Gasteiger partial charge in [0, 0.05) is 25.5 Å². The van der Waals surface area contributed by atoms with Gasteiger partial charge in [-0.25, -0.2) is 4.98 Å². The van der Waals surface area contributed by atoms with Crippen LogP contribution in [0.1, 0.15) is 28.0 Å². The van der Waals surface area contributed by atoms with Crippen molar-refractivity contribution in [3.63, 3.8) is 0 Å². The number of aryl methyl sites for hydroxylation is 1. The summed E-state index contributed by atoms with van der Waals surface area (Å²) >= 11 is 7.67. The smallest absolute Gasteiger partial charge is 0.252 e.